The summed E-state index contributed by atoms with van der Waals surface area (Å²) in [5.74, 6) is -1.64. The lowest BCUT2D eigenvalue weighted by Gasteiger charge is -2.15. The van der Waals surface area contributed by atoms with Gasteiger partial charge < -0.3 is 10.1 Å². The van der Waals surface area contributed by atoms with Gasteiger partial charge in [-0.15, -0.1) is 0 Å². The molecule has 30 heavy (non-hydrogen) atoms. The van der Waals surface area contributed by atoms with Crippen molar-refractivity contribution in [2.24, 2.45) is 0 Å². The van der Waals surface area contributed by atoms with Crippen LogP contribution in [0.2, 0.25) is 0 Å². The SMILES string of the molecule is C[C@@H](OC(=O)c1ccccc1C(=O)c1ccccc1)C(=O)Nc1cccc(C#N)c1. The second kappa shape index (κ2) is 9.30. The summed E-state index contributed by atoms with van der Waals surface area (Å²) in [6.07, 6.45) is -1.11. The van der Waals surface area contributed by atoms with Crippen molar-refractivity contribution in [3.8, 4) is 6.07 Å². The summed E-state index contributed by atoms with van der Waals surface area (Å²) in [7, 11) is 0. The number of hydrogen-bond donors (Lipinski definition) is 1. The van der Waals surface area contributed by atoms with Gasteiger partial charge in [-0.3, -0.25) is 9.59 Å². The van der Waals surface area contributed by atoms with Crippen molar-refractivity contribution >= 4 is 23.3 Å². The minimum absolute atomic E-state index is 0.0810. The van der Waals surface area contributed by atoms with Crippen LogP contribution in [-0.4, -0.2) is 23.8 Å². The van der Waals surface area contributed by atoms with Gasteiger partial charge in [-0.05, 0) is 31.2 Å². The van der Waals surface area contributed by atoms with Gasteiger partial charge in [0.15, 0.2) is 11.9 Å². The molecule has 3 aromatic rings. The Bertz CT molecular complexity index is 1130. The van der Waals surface area contributed by atoms with Crippen molar-refractivity contribution in [1.82, 2.24) is 0 Å². The number of nitrogens with zero attached hydrogens (tertiary/aromatic N) is 1. The van der Waals surface area contributed by atoms with Crippen LogP contribution >= 0.6 is 0 Å². The fraction of sp³-hybridized carbons (Fsp3) is 0.0833. The Kier molecular flexibility index (Phi) is 6.36. The molecule has 0 saturated carbocycles. The first kappa shape index (κ1) is 20.5. The number of esters is 1. The summed E-state index contributed by atoms with van der Waals surface area (Å²) in [5.41, 5.74) is 1.54. The zero-order valence-corrected chi connectivity index (χ0v) is 16.2. The van der Waals surface area contributed by atoms with Gasteiger partial charge in [0, 0.05) is 16.8 Å². The molecule has 1 amide bonds. The highest BCUT2D eigenvalue weighted by Crippen LogP contribution is 2.17. The van der Waals surface area contributed by atoms with E-state index < -0.39 is 18.0 Å². The zero-order chi connectivity index (χ0) is 21.5. The standard InChI is InChI=1S/C24H18N2O4/c1-16(23(28)26-19-11-7-8-17(14-19)15-25)30-24(29)21-13-6-5-12-20(21)22(27)18-9-3-2-4-10-18/h2-14,16H,1H3,(H,26,28)/t16-/m1/s1. The van der Waals surface area contributed by atoms with Crippen LogP contribution in [0, 0.1) is 11.3 Å². The Hall–Kier alpha value is -4.24. The van der Waals surface area contributed by atoms with Crippen molar-refractivity contribution in [3.05, 3.63) is 101 Å². The molecular weight excluding hydrogens is 380 g/mol. The van der Waals surface area contributed by atoms with Gasteiger partial charge in [-0.25, -0.2) is 4.79 Å². The molecule has 148 valence electrons. The molecule has 1 N–H and O–H groups in total. The van der Waals surface area contributed by atoms with Gasteiger partial charge in [0.2, 0.25) is 0 Å². The molecule has 0 saturated heterocycles. The third-order valence-electron chi connectivity index (χ3n) is 4.34. The third kappa shape index (κ3) is 4.78. The number of amides is 1. The summed E-state index contributed by atoms with van der Waals surface area (Å²) in [6, 6.07) is 23.3. The molecule has 0 fully saturated rings. The molecule has 0 aliphatic rings. The van der Waals surface area contributed by atoms with Crippen LogP contribution in [0.1, 0.15) is 38.8 Å². The molecule has 0 bridgehead atoms. The quantitative estimate of drug-likeness (QED) is 0.501. The fourth-order valence-electron chi connectivity index (χ4n) is 2.79. The molecule has 0 aliphatic carbocycles. The summed E-state index contributed by atoms with van der Waals surface area (Å²) in [6.45, 7) is 1.43. The second-order valence-corrected chi connectivity index (χ2v) is 6.47. The van der Waals surface area contributed by atoms with E-state index in [2.05, 4.69) is 5.32 Å². The molecule has 1 atom stereocenters. The summed E-state index contributed by atoms with van der Waals surface area (Å²) < 4.78 is 5.29. The first-order valence-electron chi connectivity index (χ1n) is 9.20. The number of ketones is 1. The lowest BCUT2D eigenvalue weighted by molar-refractivity contribution is -0.123. The minimum atomic E-state index is -1.11. The number of rotatable bonds is 6. The second-order valence-electron chi connectivity index (χ2n) is 6.47. The number of benzene rings is 3. The average molecular weight is 398 g/mol. The first-order valence-corrected chi connectivity index (χ1v) is 9.20. The maximum absolute atomic E-state index is 12.8. The topological polar surface area (TPSA) is 96.3 Å². The van der Waals surface area contributed by atoms with Crippen molar-refractivity contribution in [1.29, 1.82) is 5.26 Å². The molecule has 0 spiro atoms. The number of anilines is 1. The minimum Gasteiger partial charge on any atom is -0.449 e. The van der Waals surface area contributed by atoms with E-state index in [4.69, 9.17) is 10.00 Å². The number of carbonyl (C=O) groups is 3. The number of ether oxygens (including phenoxy) is 1. The Morgan fingerprint density at radius 1 is 0.900 bits per heavy atom. The molecule has 0 radical (unpaired) electrons. The molecule has 0 heterocycles. The fourth-order valence-corrected chi connectivity index (χ4v) is 2.79. The molecular formula is C24H18N2O4. The van der Waals surface area contributed by atoms with E-state index in [-0.39, 0.29) is 16.9 Å². The van der Waals surface area contributed by atoms with Crippen LogP contribution in [0.4, 0.5) is 5.69 Å². The van der Waals surface area contributed by atoms with Crippen LogP contribution < -0.4 is 5.32 Å². The number of nitrogens with one attached hydrogen (secondary N) is 1. The summed E-state index contributed by atoms with van der Waals surface area (Å²) >= 11 is 0. The summed E-state index contributed by atoms with van der Waals surface area (Å²) in [5, 5.41) is 11.5. The monoisotopic (exact) mass is 398 g/mol. The highest BCUT2D eigenvalue weighted by atomic mass is 16.5. The Labute approximate surface area is 173 Å². The Balaban J connectivity index is 1.73. The van der Waals surface area contributed by atoms with Crippen molar-refractivity contribution in [3.63, 3.8) is 0 Å². The van der Waals surface area contributed by atoms with Crippen LogP contribution in [0.25, 0.3) is 0 Å². The van der Waals surface area contributed by atoms with E-state index in [1.165, 1.54) is 19.1 Å². The van der Waals surface area contributed by atoms with E-state index in [0.29, 0.717) is 16.8 Å². The maximum Gasteiger partial charge on any atom is 0.339 e. The van der Waals surface area contributed by atoms with Gasteiger partial charge >= 0.3 is 5.97 Å². The van der Waals surface area contributed by atoms with Crippen LogP contribution in [0.5, 0.6) is 0 Å². The van der Waals surface area contributed by atoms with Crippen molar-refractivity contribution in [2.75, 3.05) is 5.32 Å². The van der Waals surface area contributed by atoms with Crippen molar-refractivity contribution in [2.45, 2.75) is 13.0 Å². The van der Waals surface area contributed by atoms with Gasteiger partial charge in [0.25, 0.3) is 5.91 Å². The van der Waals surface area contributed by atoms with Crippen LogP contribution in [0.3, 0.4) is 0 Å². The predicted molar refractivity (Wildman–Crippen MR) is 111 cm³/mol. The van der Waals surface area contributed by atoms with Gasteiger partial charge in [-0.1, -0.05) is 54.6 Å². The highest BCUT2D eigenvalue weighted by molar-refractivity contribution is 6.14. The van der Waals surface area contributed by atoms with E-state index >= 15 is 0 Å². The molecule has 0 aliphatic heterocycles. The third-order valence-corrected chi connectivity index (χ3v) is 4.34. The van der Waals surface area contributed by atoms with Crippen LogP contribution in [0.15, 0.2) is 78.9 Å². The molecule has 3 aromatic carbocycles. The van der Waals surface area contributed by atoms with E-state index in [1.54, 1.807) is 66.7 Å². The smallest absolute Gasteiger partial charge is 0.339 e. The molecule has 0 unspecified atom stereocenters. The van der Waals surface area contributed by atoms with Gasteiger partial charge in [0.05, 0.1) is 17.2 Å². The largest absolute Gasteiger partial charge is 0.449 e. The molecule has 3 rings (SSSR count). The Morgan fingerprint density at radius 3 is 2.27 bits per heavy atom. The van der Waals surface area contributed by atoms with E-state index in [1.807, 2.05) is 6.07 Å². The zero-order valence-electron chi connectivity index (χ0n) is 16.2. The molecule has 0 aromatic heterocycles. The number of carbonyl (C=O) groups excluding carboxylic acids is 3. The highest BCUT2D eigenvalue weighted by Gasteiger charge is 2.23. The number of nitriles is 1. The van der Waals surface area contributed by atoms with Gasteiger partial charge in [0.1, 0.15) is 0 Å². The Morgan fingerprint density at radius 2 is 1.57 bits per heavy atom. The predicted octanol–water partition coefficient (Wildman–Crippen LogP) is 3.97. The lowest BCUT2D eigenvalue weighted by atomic mass is 9.98. The molecule has 6 heteroatoms. The van der Waals surface area contributed by atoms with Crippen LogP contribution in [-0.2, 0) is 9.53 Å². The normalized spacial score (nSPS) is 11.1. The average Bonchev–Trinajstić information content (AvgIpc) is 2.79. The molecule has 6 nitrogen and oxygen atoms in total. The van der Waals surface area contributed by atoms with Crippen molar-refractivity contribution < 1.29 is 19.1 Å². The lowest BCUT2D eigenvalue weighted by Crippen LogP contribution is -2.30. The maximum atomic E-state index is 12.8. The van der Waals surface area contributed by atoms with Gasteiger partial charge in [-0.2, -0.15) is 5.26 Å². The summed E-state index contributed by atoms with van der Waals surface area (Å²) in [4.78, 5) is 37.8. The van der Waals surface area contributed by atoms with E-state index in [0.717, 1.165) is 0 Å². The van der Waals surface area contributed by atoms with E-state index in [9.17, 15) is 14.4 Å². The number of hydrogen-bond acceptors (Lipinski definition) is 5. The first-order chi connectivity index (χ1) is 14.5.